The smallest absolute Gasteiger partial charge is 0.224 e. The molecule has 2 aliphatic heterocycles. The van der Waals surface area contributed by atoms with Crippen LogP contribution in [0.5, 0.6) is 0 Å². The number of carbonyl (C=O) groups is 1. The fraction of sp³-hybridized carbons (Fsp3) is 0.533. The Kier molecular flexibility index (Phi) is 5.30. The number of benzene rings is 1. The molecular formula is C15H20Cl2N2O. The standard InChI is InChI=1S/C15H19ClN2O.ClH/c16-11-3-1-10(2-4-11)7-15(19)18-14-8-12-5-6-13(9-14)17-12;/h1-4,12-14,17H,5-9H2,(H,18,19);1H. The molecule has 2 atom stereocenters. The fourth-order valence-corrected chi connectivity index (χ4v) is 3.37. The number of fused-ring (bicyclic) bond motifs is 2. The number of hydrogen-bond donors (Lipinski definition) is 2. The van der Waals surface area contributed by atoms with Crippen LogP contribution < -0.4 is 10.6 Å². The molecular weight excluding hydrogens is 295 g/mol. The van der Waals surface area contributed by atoms with Crippen LogP contribution in [0.3, 0.4) is 0 Å². The molecule has 1 amide bonds. The molecule has 1 aromatic carbocycles. The molecule has 20 heavy (non-hydrogen) atoms. The van der Waals surface area contributed by atoms with Crippen molar-refractivity contribution < 1.29 is 4.79 Å². The topological polar surface area (TPSA) is 41.1 Å². The molecule has 0 aromatic heterocycles. The van der Waals surface area contributed by atoms with Crippen molar-refractivity contribution in [3.05, 3.63) is 34.9 Å². The van der Waals surface area contributed by atoms with Crippen LogP contribution >= 0.6 is 24.0 Å². The predicted octanol–water partition coefficient (Wildman–Crippen LogP) is 2.70. The second-order valence-electron chi connectivity index (χ2n) is 5.68. The summed E-state index contributed by atoms with van der Waals surface area (Å²) in [5.74, 6) is 0.119. The van der Waals surface area contributed by atoms with E-state index in [0.29, 0.717) is 29.6 Å². The second-order valence-corrected chi connectivity index (χ2v) is 6.11. The lowest BCUT2D eigenvalue weighted by atomic mass is 9.99. The zero-order valence-electron chi connectivity index (χ0n) is 11.3. The molecule has 0 spiro atoms. The Labute approximate surface area is 130 Å². The van der Waals surface area contributed by atoms with Crippen LogP contribution in [0.4, 0.5) is 0 Å². The van der Waals surface area contributed by atoms with Gasteiger partial charge in [0, 0.05) is 23.1 Å². The van der Waals surface area contributed by atoms with Gasteiger partial charge < -0.3 is 10.6 Å². The average Bonchev–Trinajstić information content (AvgIpc) is 2.72. The SMILES string of the molecule is Cl.O=C(Cc1ccc(Cl)cc1)NC1CC2CCC(C1)N2. The highest BCUT2D eigenvalue weighted by molar-refractivity contribution is 6.30. The van der Waals surface area contributed by atoms with Gasteiger partial charge in [-0.15, -0.1) is 12.4 Å². The van der Waals surface area contributed by atoms with Crippen molar-refractivity contribution in [3.8, 4) is 0 Å². The fourth-order valence-electron chi connectivity index (χ4n) is 3.24. The summed E-state index contributed by atoms with van der Waals surface area (Å²) >= 11 is 5.84. The Morgan fingerprint density at radius 1 is 1.20 bits per heavy atom. The van der Waals surface area contributed by atoms with Crippen molar-refractivity contribution in [1.82, 2.24) is 10.6 Å². The molecule has 2 heterocycles. The molecule has 1 aromatic rings. The van der Waals surface area contributed by atoms with Crippen molar-refractivity contribution in [2.24, 2.45) is 0 Å². The molecule has 2 saturated heterocycles. The third-order valence-corrected chi connectivity index (χ3v) is 4.37. The molecule has 2 unspecified atom stereocenters. The Morgan fingerprint density at radius 3 is 2.40 bits per heavy atom. The van der Waals surface area contributed by atoms with Gasteiger partial charge in [-0.25, -0.2) is 0 Å². The Morgan fingerprint density at radius 2 is 1.80 bits per heavy atom. The molecule has 2 fully saturated rings. The van der Waals surface area contributed by atoms with Gasteiger partial charge in [0.1, 0.15) is 0 Å². The molecule has 3 rings (SSSR count). The maximum absolute atomic E-state index is 12.0. The molecule has 2 N–H and O–H groups in total. The first-order valence-electron chi connectivity index (χ1n) is 6.99. The molecule has 2 bridgehead atoms. The minimum atomic E-state index is 0. The molecule has 110 valence electrons. The van der Waals surface area contributed by atoms with E-state index < -0.39 is 0 Å². The summed E-state index contributed by atoms with van der Waals surface area (Å²) in [6.45, 7) is 0. The first kappa shape index (κ1) is 15.6. The number of rotatable bonds is 3. The quantitative estimate of drug-likeness (QED) is 0.900. The van der Waals surface area contributed by atoms with Gasteiger partial charge in [0.05, 0.1) is 6.42 Å². The van der Waals surface area contributed by atoms with Gasteiger partial charge in [-0.2, -0.15) is 0 Å². The molecule has 5 heteroatoms. The lowest BCUT2D eigenvalue weighted by Gasteiger charge is -2.29. The van der Waals surface area contributed by atoms with Crippen LogP contribution in [0, 0.1) is 0 Å². The number of carbonyl (C=O) groups excluding carboxylic acids is 1. The number of amides is 1. The van der Waals surface area contributed by atoms with Crippen molar-refractivity contribution in [1.29, 1.82) is 0 Å². The average molecular weight is 315 g/mol. The zero-order valence-corrected chi connectivity index (χ0v) is 12.8. The van der Waals surface area contributed by atoms with Crippen LogP contribution in [0.15, 0.2) is 24.3 Å². The summed E-state index contributed by atoms with van der Waals surface area (Å²) in [4.78, 5) is 12.0. The van der Waals surface area contributed by atoms with Crippen LogP contribution in [0.1, 0.15) is 31.2 Å². The largest absolute Gasteiger partial charge is 0.353 e. The summed E-state index contributed by atoms with van der Waals surface area (Å²) in [7, 11) is 0. The van der Waals surface area contributed by atoms with E-state index in [-0.39, 0.29) is 18.3 Å². The van der Waals surface area contributed by atoms with Gasteiger partial charge >= 0.3 is 0 Å². The van der Waals surface area contributed by atoms with Crippen molar-refractivity contribution in [2.45, 2.75) is 50.2 Å². The zero-order chi connectivity index (χ0) is 13.2. The van der Waals surface area contributed by atoms with Gasteiger partial charge in [-0.05, 0) is 43.4 Å². The summed E-state index contributed by atoms with van der Waals surface area (Å²) in [6.07, 6.45) is 5.10. The highest BCUT2D eigenvalue weighted by Gasteiger charge is 2.33. The predicted molar refractivity (Wildman–Crippen MR) is 83.5 cm³/mol. The lowest BCUT2D eigenvalue weighted by Crippen LogP contribution is -2.48. The lowest BCUT2D eigenvalue weighted by molar-refractivity contribution is -0.121. The van der Waals surface area contributed by atoms with E-state index in [1.807, 2.05) is 24.3 Å². The summed E-state index contributed by atoms with van der Waals surface area (Å²) < 4.78 is 0. The molecule has 3 nitrogen and oxygen atoms in total. The molecule has 0 radical (unpaired) electrons. The van der Waals surface area contributed by atoms with Crippen molar-refractivity contribution in [3.63, 3.8) is 0 Å². The maximum atomic E-state index is 12.0. The summed E-state index contributed by atoms with van der Waals surface area (Å²) in [6, 6.07) is 9.05. The van der Waals surface area contributed by atoms with E-state index >= 15 is 0 Å². The Bertz CT molecular complexity index is 451. The van der Waals surface area contributed by atoms with Gasteiger partial charge in [-0.1, -0.05) is 23.7 Å². The normalized spacial score (nSPS) is 27.8. The third-order valence-electron chi connectivity index (χ3n) is 4.12. The third kappa shape index (κ3) is 3.87. The van der Waals surface area contributed by atoms with Gasteiger partial charge in [0.2, 0.25) is 5.91 Å². The Balaban J connectivity index is 0.00000147. The van der Waals surface area contributed by atoms with E-state index in [0.717, 1.165) is 18.4 Å². The Hall–Kier alpha value is -0.770. The summed E-state index contributed by atoms with van der Waals surface area (Å²) in [5.41, 5.74) is 1.01. The minimum Gasteiger partial charge on any atom is -0.353 e. The van der Waals surface area contributed by atoms with Crippen LogP contribution in [-0.2, 0) is 11.2 Å². The molecule has 0 aliphatic carbocycles. The minimum absolute atomic E-state index is 0. The molecule has 0 saturated carbocycles. The first-order valence-corrected chi connectivity index (χ1v) is 7.37. The van der Waals surface area contributed by atoms with E-state index in [2.05, 4.69) is 10.6 Å². The van der Waals surface area contributed by atoms with Gasteiger partial charge in [0.15, 0.2) is 0 Å². The number of hydrogen-bond acceptors (Lipinski definition) is 2. The number of halogens is 2. The van der Waals surface area contributed by atoms with E-state index in [4.69, 9.17) is 11.6 Å². The number of piperidine rings is 1. The first-order chi connectivity index (χ1) is 9.19. The second kappa shape index (κ2) is 6.79. The van der Waals surface area contributed by atoms with Gasteiger partial charge in [0.25, 0.3) is 0 Å². The van der Waals surface area contributed by atoms with Crippen molar-refractivity contribution >= 4 is 29.9 Å². The maximum Gasteiger partial charge on any atom is 0.224 e. The van der Waals surface area contributed by atoms with Gasteiger partial charge in [-0.3, -0.25) is 4.79 Å². The molecule has 2 aliphatic rings. The van der Waals surface area contributed by atoms with E-state index in [1.54, 1.807) is 0 Å². The highest BCUT2D eigenvalue weighted by atomic mass is 35.5. The van der Waals surface area contributed by atoms with E-state index in [1.165, 1.54) is 12.8 Å². The highest BCUT2D eigenvalue weighted by Crippen LogP contribution is 2.26. The van der Waals surface area contributed by atoms with E-state index in [9.17, 15) is 4.79 Å². The number of nitrogens with one attached hydrogen (secondary N) is 2. The van der Waals surface area contributed by atoms with Crippen LogP contribution in [-0.4, -0.2) is 24.0 Å². The van der Waals surface area contributed by atoms with Crippen LogP contribution in [0.2, 0.25) is 5.02 Å². The van der Waals surface area contributed by atoms with Crippen LogP contribution in [0.25, 0.3) is 0 Å². The monoisotopic (exact) mass is 314 g/mol. The summed E-state index contributed by atoms with van der Waals surface area (Å²) in [5, 5.41) is 7.46. The van der Waals surface area contributed by atoms with Crippen molar-refractivity contribution in [2.75, 3.05) is 0 Å².